The second-order valence-electron chi connectivity index (χ2n) is 7.18. The van der Waals surface area contributed by atoms with Crippen LogP contribution in [0.3, 0.4) is 0 Å². The second kappa shape index (κ2) is 14.4. The normalized spacial score (nSPS) is 12.8. The minimum Gasteiger partial charge on any atom is -0.497 e. The molecule has 8 nitrogen and oxygen atoms in total. The van der Waals surface area contributed by atoms with Crippen molar-refractivity contribution in [1.29, 1.82) is 0 Å². The van der Waals surface area contributed by atoms with Crippen molar-refractivity contribution < 1.29 is 33.6 Å². The molecule has 8 heteroatoms. The monoisotopic (exact) mass is 469 g/mol. The number of rotatable bonds is 12. The molecule has 2 rings (SSSR count). The van der Waals surface area contributed by atoms with E-state index in [0.717, 1.165) is 5.56 Å². The first-order chi connectivity index (χ1) is 16.5. The lowest BCUT2D eigenvalue weighted by Crippen LogP contribution is -2.21. The first kappa shape index (κ1) is 26.5. The molecule has 0 aromatic heterocycles. The Hall–Kier alpha value is -3.78. The molecule has 0 unspecified atom stereocenters. The standard InChI is InChI=1S/C26H31NO7/c1-4-32-24(29)8-6-5-7-19(2)25(20-9-13-23(14-10-20)33-18-17-28)34-26(30)27-21-11-15-22(31-3)16-12-21/h5-16,19,25,28H,4,17-18H2,1-3H3,(H,27,30)/b7-5+,8-6+/t19-,25-/m1/s1. The van der Waals surface area contributed by atoms with Gasteiger partial charge in [0.05, 0.1) is 20.3 Å². The molecule has 0 saturated carbocycles. The zero-order chi connectivity index (χ0) is 24.8. The maximum atomic E-state index is 12.6. The molecule has 2 aromatic carbocycles. The summed E-state index contributed by atoms with van der Waals surface area (Å²) in [5.74, 6) is 0.623. The van der Waals surface area contributed by atoms with Crippen LogP contribution in [0.5, 0.6) is 11.5 Å². The lowest BCUT2D eigenvalue weighted by molar-refractivity contribution is -0.137. The Kier molecular flexibility index (Phi) is 11.2. The SMILES string of the molecule is CCOC(=O)/C=C/C=C/[C@@H](C)[C@@H](OC(=O)Nc1ccc(OC)cc1)c1ccc(OCCO)cc1. The van der Waals surface area contributed by atoms with Crippen LogP contribution < -0.4 is 14.8 Å². The number of benzene rings is 2. The number of aliphatic hydroxyl groups excluding tert-OH is 1. The number of aliphatic hydroxyl groups is 1. The molecule has 2 N–H and O–H groups in total. The molecule has 0 spiro atoms. The van der Waals surface area contributed by atoms with Crippen LogP contribution in [0.4, 0.5) is 10.5 Å². The van der Waals surface area contributed by atoms with Crippen molar-refractivity contribution >= 4 is 17.7 Å². The van der Waals surface area contributed by atoms with E-state index in [9.17, 15) is 9.59 Å². The van der Waals surface area contributed by atoms with Gasteiger partial charge in [0.15, 0.2) is 0 Å². The van der Waals surface area contributed by atoms with Crippen molar-refractivity contribution in [2.75, 3.05) is 32.2 Å². The third-order valence-corrected chi connectivity index (χ3v) is 4.66. The van der Waals surface area contributed by atoms with Gasteiger partial charge in [0.1, 0.15) is 24.2 Å². The van der Waals surface area contributed by atoms with Crippen molar-refractivity contribution in [3.63, 3.8) is 0 Å². The maximum absolute atomic E-state index is 12.6. The van der Waals surface area contributed by atoms with E-state index in [0.29, 0.717) is 23.8 Å². The lowest BCUT2D eigenvalue weighted by Gasteiger charge is -2.23. The second-order valence-corrected chi connectivity index (χ2v) is 7.18. The van der Waals surface area contributed by atoms with Crippen molar-refractivity contribution in [2.45, 2.75) is 20.0 Å². The molecule has 0 bridgehead atoms. The van der Waals surface area contributed by atoms with Gasteiger partial charge in [0, 0.05) is 17.7 Å². The van der Waals surface area contributed by atoms with Crippen LogP contribution in [0.1, 0.15) is 25.5 Å². The zero-order valence-electron chi connectivity index (χ0n) is 19.6. The fraction of sp³-hybridized carbons (Fsp3) is 0.308. The highest BCUT2D eigenvalue weighted by atomic mass is 16.6. The van der Waals surface area contributed by atoms with Gasteiger partial charge in [-0.15, -0.1) is 0 Å². The highest BCUT2D eigenvalue weighted by Gasteiger charge is 2.22. The Balaban J connectivity index is 2.14. The van der Waals surface area contributed by atoms with Crippen molar-refractivity contribution in [3.8, 4) is 11.5 Å². The van der Waals surface area contributed by atoms with Gasteiger partial charge in [-0.1, -0.05) is 37.3 Å². The van der Waals surface area contributed by atoms with Crippen molar-refractivity contribution in [1.82, 2.24) is 0 Å². The summed E-state index contributed by atoms with van der Waals surface area (Å²) < 4.78 is 21.2. The highest BCUT2D eigenvalue weighted by molar-refractivity contribution is 5.85. The number of carbonyl (C=O) groups excluding carboxylic acids is 2. The molecule has 0 aliphatic carbocycles. The minimum absolute atomic E-state index is 0.0832. The predicted molar refractivity (Wildman–Crippen MR) is 129 cm³/mol. The zero-order valence-corrected chi connectivity index (χ0v) is 19.6. The van der Waals surface area contributed by atoms with Crippen LogP contribution in [0.25, 0.3) is 0 Å². The molecule has 0 heterocycles. The van der Waals surface area contributed by atoms with Gasteiger partial charge in [0.25, 0.3) is 0 Å². The van der Waals surface area contributed by atoms with Gasteiger partial charge in [-0.2, -0.15) is 0 Å². The molecule has 34 heavy (non-hydrogen) atoms. The van der Waals surface area contributed by atoms with Crippen LogP contribution in [0, 0.1) is 5.92 Å². The number of ether oxygens (including phenoxy) is 4. The Labute approximate surface area is 199 Å². The van der Waals surface area contributed by atoms with Gasteiger partial charge < -0.3 is 24.1 Å². The van der Waals surface area contributed by atoms with Gasteiger partial charge in [-0.25, -0.2) is 9.59 Å². The van der Waals surface area contributed by atoms with E-state index >= 15 is 0 Å². The smallest absolute Gasteiger partial charge is 0.412 e. The Morgan fingerprint density at radius 3 is 2.32 bits per heavy atom. The van der Waals surface area contributed by atoms with Crippen LogP contribution in [0.2, 0.25) is 0 Å². The number of esters is 1. The van der Waals surface area contributed by atoms with Crippen molar-refractivity contribution in [2.24, 2.45) is 5.92 Å². The van der Waals surface area contributed by atoms with E-state index in [2.05, 4.69) is 5.32 Å². The molecular weight excluding hydrogens is 438 g/mol. The average molecular weight is 470 g/mol. The summed E-state index contributed by atoms with van der Waals surface area (Å²) in [6.07, 6.45) is 5.21. The summed E-state index contributed by atoms with van der Waals surface area (Å²) in [5.41, 5.74) is 1.32. The third-order valence-electron chi connectivity index (χ3n) is 4.66. The van der Waals surface area contributed by atoms with E-state index in [4.69, 9.17) is 24.1 Å². The summed E-state index contributed by atoms with van der Waals surface area (Å²) in [5, 5.41) is 11.6. The predicted octanol–water partition coefficient (Wildman–Crippen LogP) is 4.67. The minimum atomic E-state index is -0.614. The first-order valence-electron chi connectivity index (χ1n) is 10.9. The molecule has 0 fully saturated rings. The topological polar surface area (TPSA) is 103 Å². The number of amides is 1. The third kappa shape index (κ3) is 8.99. The summed E-state index contributed by atoms with van der Waals surface area (Å²) in [4.78, 5) is 24.1. The number of anilines is 1. The number of allylic oxidation sites excluding steroid dienone is 2. The fourth-order valence-corrected chi connectivity index (χ4v) is 3.00. The highest BCUT2D eigenvalue weighted by Crippen LogP contribution is 2.29. The average Bonchev–Trinajstić information content (AvgIpc) is 2.85. The van der Waals surface area contributed by atoms with E-state index in [-0.39, 0.29) is 19.1 Å². The molecular formula is C26H31NO7. The summed E-state index contributed by atoms with van der Waals surface area (Å²) in [6.45, 7) is 4.05. The summed E-state index contributed by atoms with van der Waals surface area (Å²) in [6, 6.07) is 14.0. The van der Waals surface area contributed by atoms with Crippen LogP contribution in [-0.4, -0.2) is 44.1 Å². The number of methoxy groups -OCH3 is 1. The Morgan fingerprint density at radius 2 is 1.71 bits per heavy atom. The van der Waals surface area contributed by atoms with E-state index in [1.165, 1.54) is 6.08 Å². The first-order valence-corrected chi connectivity index (χ1v) is 10.9. The number of carbonyl (C=O) groups is 2. The summed E-state index contributed by atoms with van der Waals surface area (Å²) >= 11 is 0. The van der Waals surface area contributed by atoms with Crippen LogP contribution in [0.15, 0.2) is 72.8 Å². The molecule has 0 aliphatic rings. The van der Waals surface area contributed by atoms with Gasteiger partial charge in [0.2, 0.25) is 0 Å². The van der Waals surface area contributed by atoms with Crippen LogP contribution >= 0.6 is 0 Å². The molecule has 1 amide bonds. The molecule has 0 saturated heterocycles. The van der Waals surface area contributed by atoms with E-state index in [1.807, 2.05) is 13.0 Å². The van der Waals surface area contributed by atoms with Crippen LogP contribution in [-0.2, 0) is 14.3 Å². The molecule has 0 aliphatic heterocycles. The molecule has 2 atom stereocenters. The fourth-order valence-electron chi connectivity index (χ4n) is 3.00. The Bertz CT molecular complexity index is 952. The molecule has 0 radical (unpaired) electrons. The number of hydrogen-bond acceptors (Lipinski definition) is 7. The van der Waals surface area contributed by atoms with Gasteiger partial charge >= 0.3 is 12.1 Å². The van der Waals surface area contributed by atoms with E-state index in [1.54, 1.807) is 74.7 Å². The number of hydrogen-bond donors (Lipinski definition) is 2. The van der Waals surface area contributed by atoms with E-state index < -0.39 is 18.2 Å². The van der Waals surface area contributed by atoms with Crippen molar-refractivity contribution in [3.05, 3.63) is 78.4 Å². The molecule has 182 valence electrons. The van der Waals surface area contributed by atoms with Gasteiger partial charge in [-0.3, -0.25) is 5.32 Å². The lowest BCUT2D eigenvalue weighted by atomic mass is 9.96. The maximum Gasteiger partial charge on any atom is 0.412 e. The summed E-state index contributed by atoms with van der Waals surface area (Å²) in [7, 11) is 1.57. The largest absolute Gasteiger partial charge is 0.497 e. The number of nitrogens with one attached hydrogen (secondary N) is 1. The quantitative estimate of drug-likeness (QED) is 0.265. The van der Waals surface area contributed by atoms with Gasteiger partial charge in [-0.05, 0) is 48.9 Å². The Morgan fingerprint density at radius 1 is 1.03 bits per heavy atom. The molecule has 2 aromatic rings.